The molecule has 3 aliphatic carbocycles. The molecule has 0 spiro atoms. The summed E-state index contributed by atoms with van der Waals surface area (Å²) in [4.78, 5) is 12.7. The first-order valence-corrected chi connectivity index (χ1v) is 11.2. The van der Waals surface area contributed by atoms with E-state index in [4.69, 9.17) is 4.74 Å². The number of hydrogen-bond acceptors (Lipinski definition) is 2. The highest BCUT2D eigenvalue weighted by molar-refractivity contribution is 5.72. The quantitative estimate of drug-likeness (QED) is 0.565. The monoisotopic (exact) mass is 348 g/mol. The molecule has 4 atom stereocenters. The number of ether oxygens (including phenoxy) is 1. The van der Waals surface area contributed by atoms with Crippen molar-refractivity contribution in [1.29, 1.82) is 0 Å². The second kappa shape index (κ2) is 8.44. The van der Waals surface area contributed by atoms with Crippen LogP contribution in [0.2, 0.25) is 0 Å². The maximum atomic E-state index is 12.7. The summed E-state index contributed by atoms with van der Waals surface area (Å²) in [5.41, 5.74) is 0. The van der Waals surface area contributed by atoms with Crippen molar-refractivity contribution < 1.29 is 9.53 Å². The summed E-state index contributed by atoms with van der Waals surface area (Å²) in [6, 6.07) is 0. The lowest BCUT2D eigenvalue weighted by molar-refractivity contribution is -0.162. The van der Waals surface area contributed by atoms with E-state index in [1.54, 1.807) is 0 Å². The topological polar surface area (TPSA) is 26.3 Å². The summed E-state index contributed by atoms with van der Waals surface area (Å²) < 4.78 is 6.02. The Morgan fingerprint density at radius 2 is 1.24 bits per heavy atom. The van der Waals surface area contributed by atoms with Gasteiger partial charge in [0, 0.05) is 0 Å². The molecule has 3 rings (SSSR count). The highest BCUT2D eigenvalue weighted by atomic mass is 16.5. The molecule has 0 aromatic rings. The molecule has 0 saturated heterocycles. The standard InChI is InChI=1S/C23H40O2/c1-15-5-8-19(9-6-15)20-10-12-21(13-11-20)23(24)25-22-14-7-16(2)17(3)18(22)4/h15-22H,5-14H2,1-4H3. The van der Waals surface area contributed by atoms with Crippen LogP contribution in [0.15, 0.2) is 0 Å². The van der Waals surface area contributed by atoms with Gasteiger partial charge < -0.3 is 4.74 Å². The fourth-order valence-electron chi connectivity index (χ4n) is 5.80. The predicted molar refractivity (Wildman–Crippen MR) is 103 cm³/mol. The van der Waals surface area contributed by atoms with Crippen LogP contribution >= 0.6 is 0 Å². The van der Waals surface area contributed by atoms with Gasteiger partial charge in [-0.3, -0.25) is 4.79 Å². The number of carbonyl (C=O) groups excluding carboxylic acids is 1. The van der Waals surface area contributed by atoms with Crippen molar-refractivity contribution in [1.82, 2.24) is 0 Å². The lowest BCUT2D eigenvalue weighted by Crippen LogP contribution is -2.38. The SMILES string of the molecule is CC1CCC(C2CCC(C(=O)OC3CCC(C)C(C)C3C)CC2)CC1. The zero-order valence-corrected chi connectivity index (χ0v) is 17.0. The van der Waals surface area contributed by atoms with E-state index in [1.807, 2.05) is 0 Å². The van der Waals surface area contributed by atoms with Gasteiger partial charge in [-0.25, -0.2) is 0 Å². The van der Waals surface area contributed by atoms with E-state index in [-0.39, 0.29) is 18.0 Å². The van der Waals surface area contributed by atoms with E-state index in [1.165, 1.54) is 44.9 Å². The van der Waals surface area contributed by atoms with Gasteiger partial charge in [-0.1, -0.05) is 40.5 Å². The zero-order chi connectivity index (χ0) is 18.0. The molecule has 0 bridgehead atoms. The van der Waals surface area contributed by atoms with Crippen molar-refractivity contribution in [2.24, 2.45) is 41.4 Å². The number of esters is 1. The normalized spacial score (nSPS) is 45.8. The fraction of sp³-hybridized carbons (Fsp3) is 0.957. The molecule has 3 saturated carbocycles. The third kappa shape index (κ3) is 4.61. The van der Waals surface area contributed by atoms with Gasteiger partial charge >= 0.3 is 5.97 Å². The number of hydrogen-bond donors (Lipinski definition) is 0. The third-order valence-electron chi connectivity index (χ3n) is 8.32. The summed E-state index contributed by atoms with van der Waals surface area (Å²) >= 11 is 0. The average molecular weight is 349 g/mol. The lowest BCUT2D eigenvalue weighted by Gasteiger charge is -2.39. The van der Waals surface area contributed by atoms with Gasteiger partial charge in [0.2, 0.25) is 0 Å². The summed E-state index contributed by atoms with van der Waals surface area (Å²) in [6.07, 6.45) is 12.8. The van der Waals surface area contributed by atoms with E-state index in [0.717, 1.165) is 42.9 Å². The molecule has 3 fully saturated rings. The Kier molecular flexibility index (Phi) is 6.49. The molecule has 0 aromatic heterocycles. The predicted octanol–water partition coefficient (Wildman–Crippen LogP) is 6.23. The molecule has 0 radical (unpaired) electrons. The Labute approximate surface area is 155 Å². The Morgan fingerprint density at radius 1 is 0.680 bits per heavy atom. The van der Waals surface area contributed by atoms with Crippen LogP contribution < -0.4 is 0 Å². The summed E-state index contributed by atoms with van der Waals surface area (Å²) in [5, 5.41) is 0. The minimum Gasteiger partial charge on any atom is -0.462 e. The molecule has 2 heteroatoms. The second-order valence-electron chi connectivity index (χ2n) is 9.88. The van der Waals surface area contributed by atoms with Gasteiger partial charge in [-0.15, -0.1) is 0 Å². The molecule has 3 aliphatic rings. The Balaban J connectivity index is 1.44. The Bertz CT molecular complexity index is 429. The van der Waals surface area contributed by atoms with Crippen LogP contribution in [0.5, 0.6) is 0 Å². The molecule has 0 heterocycles. The van der Waals surface area contributed by atoms with Crippen molar-refractivity contribution in [3.05, 3.63) is 0 Å². The minimum atomic E-state index is 0.120. The van der Waals surface area contributed by atoms with Crippen LogP contribution in [-0.4, -0.2) is 12.1 Å². The summed E-state index contributed by atoms with van der Waals surface area (Å²) in [7, 11) is 0. The lowest BCUT2D eigenvalue weighted by atomic mass is 9.69. The van der Waals surface area contributed by atoms with Gasteiger partial charge in [-0.2, -0.15) is 0 Å². The van der Waals surface area contributed by atoms with E-state index in [9.17, 15) is 4.79 Å². The van der Waals surface area contributed by atoms with Crippen LogP contribution in [0.25, 0.3) is 0 Å². The van der Waals surface area contributed by atoms with Crippen molar-refractivity contribution in [3.63, 3.8) is 0 Å². The molecule has 4 unspecified atom stereocenters. The van der Waals surface area contributed by atoms with Crippen molar-refractivity contribution >= 4 is 5.97 Å². The van der Waals surface area contributed by atoms with Crippen LogP contribution in [-0.2, 0) is 9.53 Å². The van der Waals surface area contributed by atoms with Crippen LogP contribution in [0.1, 0.15) is 91.9 Å². The molecule has 144 valence electrons. The van der Waals surface area contributed by atoms with Gasteiger partial charge in [0.1, 0.15) is 6.10 Å². The maximum absolute atomic E-state index is 12.7. The van der Waals surface area contributed by atoms with Gasteiger partial charge in [0.25, 0.3) is 0 Å². The third-order valence-corrected chi connectivity index (χ3v) is 8.32. The second-order valence-corrected chi connectivity index (χ2v) is 9.88. The van der Waals surface area contributed by atoms with Crippen LogP contribution in [0.4, 0.5) is 0 Å². The van der Waals surface area contributed by atoms with E-state index in [0.29, 0.717) is 11.8 Å². The first-order valence-electron chi connectivity index (χ1n) is 11.2. The van der Waals surface area contributed by atoms with Crippen molar-refractivity contribution in [2.75, 3.05) is 0 Å². The Hall–Kier alpha value is -0.530. The summed E-state index contributed by atoms with van der Waals surface area (Å²) in [5.74, 6) is 4.99. The molecular formula is C23H40O2. The summed E-state index contributed by atoms with van der Waals surface area (Å²) in [6.45, 7) is 9.34. The molecule has 0 amide bonds. The smallest absolute Gasteiger partial charge is 0.309 e. The first kappa shape index (κ1) is 19.2. The van der Waals surface area contributed by atoms with Crippen molar-refractivity contribution in [3.8, 4) is 0 Å². The highest BCUT2D eigenvalue weighted by Gasteiger charge is 2.37. The molecule has 0 N–H and O–H groups in total. The molecule has 2 nitrogen and oxygen atoms in total. The van der Waals surface area contributed by atoms with E-state index >= 15 is 0 Å². The van der Waals surface area contributed by atoms with E-state index < -0.39 is 0 Å². The number of carbonyl (C=O) groups is 1. The average Bonchev–Trinajstić information content (AvgIpc) is 2.63. The highest BCUT2D eigenvalue weighted by Crippen LogP contribution is 2.42. The van der Waals surface area contributed by atoms with Gasteiger partial charge in [-0.05, 0) is 86.9 Å². The van der Waals surface area contributed by atoms with Crippen LogP contribution in [0, 0.1) is 41.4 Å². The minimum absolute atomic E-state index is 0.120. The molecule has 25 heavy (non-hydrogen) atoms. The molecular weight excluding hydrogens is 308 g/mol. The maximum Gasteiger partial charge on any atom is 0.309 e. The molecule has 0 aromatic carbocycles. The fourth-order valence-corrected chi connectivity index (χ4v) is 5.80. The largest absolute Gasteiger partial charge is 0.462 e. The van der Waals surface area contributed by atoms with Crippen LogP contribution in [0.3, 0.4) is 0 Å². The van der Waals surface area contributed by atoms with Gasteiger partial charge in [0.05, 0.1) is 5.92 Å². The zero-order valence-electron chi connectivity index (χ0n) is 17.0. The van der Waals surface area contributed by atoms with E-state index in [2.05, 4.69) is 27.7 Å². The first-order chi connectivity index (χ1) is 12.0. The van der Waals surface area contributed by atoms with Gasteiger partial charge in [0.15, 0.2) is 0 Å². The number of rotatable bonds is 3. The molecule has 0 aliphatic heterocycles. The van der Waals surface area contributed by atoms with Crippen molar-refractivity contribution in [2.45, 2.75) is 98.0 Å². The Morgan fingerprint density at radius 3 is 1.84 bits per heavy atom.